The van der Waals surface area contributed by atoms with Crippen molar-refractivity contribution in [3.8, 4) is 5.75 Å². The quantitative estimate of drug-likeness (QED) is 0.884. The molecule has 4 heteroatoms. The SMILES string of the molecule is COc1cccc(C(CN2CCCC2=N)N(C)C)c1. The number of ether oxygens (including phenoxy) is 1. The summed E-state index contributed by atoms with van der Waals surface area (Å²) in [6.07, 6.45) is 2.02. The fourth-order valence-electron chi connectivity index (χ4n) is 2.56. The number of amidine groups is 1. The molecule has 1 saturated heterocycles. The van der Waals surface area contributed by atoms with Gasteiger partial charge >= 0.3 is 0 Å². The minimum Gasteiger partial charge on any atom is -0.497 e. The van der Waals surface area contributed by atoms with Gasteiger partial charge in [0.25, 0.3) is 0 Å². The number of nitrogens with one attached hydrogen (secondary N) is 1. The Balaban J connectivity index is 2.16. The second-order valence-electron chi connectivity index (χ2n) is 5.25. The van der Waals surface area contributed by atoms with Crippen molar-refractivity contribution < 1.29 is 4.74 Å². The van der Waals surface area contributed by atoms with Crippen molar-refractivity contribution in [1.29, 1.82) is 5.41 Å². The summed E-state index contributed by atoms with van der Waals surface area (Å²) in [4.78, 5) is 4.39. The highest BCUT2D eigenvalue weighted by molar-refractivity contribution is 5.80. The Hall–Kier alpha value is -1.55. The summed E-state index contributed by atoms with van der Waals surface area (Å²) >= 11 is 0. The summed E-state index contributed by atoms with van der Waals surface area (Å²) in [7, 11) is 5.87. The maximum absolute atomic E-state index is 7.96. The highest BCUT2D eigenvalue weighted by Gasteiger charge is 2.23. The molecule has 0 radical (unpaired) electrons. The molecule has 0 saturated carbocycles. The van der Waals surface area contributed by atoms with E-state index in [0.717, 1.165) is 37.5 Å². The van der Waals surface area contributed by atoms with Gasteiger partial charge in [0.05, 0.1) is 19.0 Å². The molecular weight excluding hydrogens is 238 g/mol. The molecule has 0 aliphatic carbocycles. The van der Waals surface area contributed by atoms with Crippen molar-refractivity contribution >= 4 is 5.84 Å². The highest BCUT2D eigenvalue weighted by Crippen LogP contribution is 2.25. The van der Waals surface area contributed by atoms with Gasteiger partial charge in [-0.1, -0.05) is 12.1 Å². The van der Waals surface area contributed by atoms with Crippen LogP contribution in [0, 0.1) is 5.41 Å². The van der Waals surface area contributed by atoms with Crippen molar-refractivity contribution in [3.63, 3.8) is 0 Å². The van der Waals surface area contributed by atoms with Crippen molar-refractivity contribution in [1.82, 2.24) is 9.80 Å². The van der Waals surface area contributed by atoms with Crippen LogP contribution in [0.15, 0.2) is 24.3 Å². The zero-order valence-corrected chi connectivity index (χ0v) is 12.0. The van der Waals surface area contributed by atoms with Gasteiger partial charge in [0.2, 0.25) is 0 Å². The molecule has 0 spiro atoms. The van der Waals surface area contributed by atoms with Gasteiger partial charge in [0.15, 0.2) is 0 Å². The summed E-state index contributed by atoms with van der Waals surface area (Å²) in [5, 5.41) is 7.96. The van der Waals surface area contributed by atoms with Crippen LogP contribution in [0.4, 0.5) is 0 Å². The van der Waals surface area contributed by atoms with E-state index in [4.69, 9.17) is 10.1 Å². The molecule has 1 aliphatic heterocycles. The van der Waals surface area contributed by atoms with E-state index in [0.29, 0.717) is 0 Å². The maximum atomic E-state index is 7.96. The Morgan fingerprint density at radius 2 is 2.21 bits per heavy atom. The minimum atomic E-state index is 0.286. The Morgan fingerprint density at radius 1 is 1.42 bits per heavy atom. The molecule has 19 heavy (non-hydrogen) atoms. The molecule has 1 aromatic rings. The topological polar surface area (TPSA) is 39.6 Å². The number of rotatable bonds is 5. The molecule has 1 unspecified atom stereocenters. The molecule has 1 heterocycles. The lowest BCUT2D eigenvalue weighted by molar-refractivity contribution is 0.245. The van der Waals surface area contributed by atoms with E-state index in [2.05, 4.69) is 36.0 Å². The Kier molecular flexibility index (Phi) is 4.43. The third-order valence-electron chi connectivity index (χ3n) is 3.72. The predicted octanol–water partition coefficient (Wildman–Crippen LogP) is 2.37. The highest BCUT2D eigenvalue weighted by atomic mass is 16.5. The molecule has 104 valence electrons. The fraction of sp³-hybridized carbons (Fsp3) is 0.533. The second kappa shape index (κ2) is 6.06. The molecule has 4 nitrogen and oxygen atoms in total. The number of benzene rings is 1. The standard InChI is InChI=1S/C15H23N3O/c1-17(2)14(11-18-9-5-8-15(18)16)12-6-4-7-13(10-12)19-3/h4,6-7,10,14,16H,5,8-9,11H2,1-3H3. The monoisotopic (exact) mass is 261 g/mol. The fourth-order valence-corrected chi connectivity index (χ4v) is 2.56. The molecule has 0 aromatic heterocycles. The van der Waals surface area contributed by atoms with Crippen LogP contribution in [-0.2, 0) is 0 Å². The number of nitrogens with zero attached hydrogens (tertiary/aromatic N) is 2. The third-order valence-corrected chi connectivity index (χ3v) is 3.72. The van der Waals surface area contributed by atoms with Crippen LogP contribution in [0.3, 0.4) is 0 Å². The molecule has 0 bridgehead atoms. The van der Waals surface area contributed by atoms with E-state index in [1.807, 2.05) is 12.1 Å². The molecule has 0 amide bonds. The Morgan fingerprint density at radius 3 is 2.79 bits per heavy atom. The van der Waals surface area contributed by atoms with E-state index in [-0.39, 0.29) is 6.04 Å². The first-order valence-electron chi connectivity index (χ1n) is 6.74. The van der Waals surface area contributed by atoms with Crippen LogP contribution in [0.2, 0.25) is 0 Å². The first kappa shape index (κ1) is 13.9. The average molecular weight is 261 g/mol. The molecule has 1 fully saturated rings. The van der Waals surface area contributed by atoms with Gasteiger partial charge in [-0.05, 0) is 38.2 Å². The van der Waals surface area contributed by atoms with E-state index in [1.165, 1.54) is 5.56 Å². The lowest BCUT2D eigenvalue weighted by atomic mass is 10.1. The zero-order valence-electron chi connectivity index (χ0n) is 12.0. The van der Waals surface area contributed by atoms with Crippen LogP contribution in [0.5, 0.6) is 5.75 Å². The molecule has 1 aromatic carbocycles. The lowest BCUT2D eigenvalue weighted by Crippen LogP contribution is -2.35. The normalized spacial score (nSPS) is 17.1. The summed E-state index contributed by atoms with van der Waals surface area (Å²) < 4.78 is 5.30. The number of hydrogen-bond donors (Lipinski definition) is 1. The van der Waals surface area contributed by atoms with E-state index < -0.39 is 0 Å². The maximum Gasteiger partial charge on any atom is 0.119 e. The van der Waals surface area contributed by atoms with E-state index in [1.54, 1.807) is 7.11 Å². The Bertz CT molecular complexity index is 445. The molecular formula is C15H23N3O. The van der Waals surface area contributed by atoms with Crippen molar-refractivity contribution in [2.45, 2.75) is 18.9 Å². The molecule has 1 N–H and O–H groups in total. The van der Waals surface area contributed by atoms with Crippen molar-refractivity contribution in [3.05, 3.63) is 29.8 Å². The first-order valence-corrected chi connectivity index (χ1v) is 6.74. The van der Waals surface area contributed by atoms with Gasteiger partial charge in [-0.2, -0.15) is 0 Å². The largest absolute Gasteiger partial charge is 0.497 e. The lowest BCUT2D eigenvalue weighted by Gasteiger charge is -2.30. The van der Waals surface area contributed by atoms with E-state index >= 15 is 0 Å². The van der Waals surface area contributed by atoms with Gasteiger partial charge in [-0.3, -0.25) is 5.41 Å². The number of hydrogen-bond acceptors (Lipinski definition) is 3. The summed E-state index contributed by atoms with van der Waals surface area (Å²) in [5.41, 5.74) is 1.24. The van der Waals surface area contributed by atoms with Crippen molar-refractivity contribution in [2.24, 2.45) is 0 Å². The van der Waals surface area contributed by atoms with Gasteiger partial charge in [0.1, 0.15) is 5.75 Å². The van der Waals surface area contributed by atoms with Crippen LogP contribution >= 0.6 is 0 Å². The molecule has 2 rings (SSSR count). The van der Waals surface area contributed by atoms with Gasteiger partial charge < -0.3 is 14.5 Å². The minimum absolute atomic E-state index is 0.286. The smallest absolute Gasteiger partial charge is 0.119 e. The summed E-state index contributed by atoms with van der Waals surface area (Å²) in [6, 6.07) is 8.50. The Labute approximate surface area is 115 Å². The summed E-state index contributed by atoms with van der Waals surface area (Å²) in [6.45, 7) is 1.88. The first-order chi connectivity index (χ1) is 9.11. The third kappa shape index (κ3) is 3.26. The van der Waals surface area contributed by atoms with Crippen molar-refractivity contribution in [2.75, 3.05) is 34.3 Å². The van der Waals surface area contributed by atoms with Crippen LogP contribution in [0.25, 0.3) is 0 Å². The van der Waals surface area contributed by atoms with Gasteiger partial charge in [0, 0.05) is 19.5 Å². The average Bonchev–Trinajstić information content (AvgIpc) is 2.81. The van der Waals surface area contributed by atoms with Crippen LogP contribution < -0.4 is 4.74 Å². The molecule has 1 aliphatic rings. The second-order valence-corrected chi connectivity index (χ2v) is 5.25. The molecule has 1 atom stereocenters. The van der Waals surface area contributed by atoms with E-state index in [9.17, 15) is 0 Å². The number of methoxy groups -OCH3 is 1. The number of likely N-dealkylation sites (tertiary alicyclic amines) is 1. The van der Waals surface area contributed by atoms with Gasteiger partial charge in [-0.15, -0.1) is 0 Å². The zero-order chi connectivity index (χ0) is 13.8. The number of likely N-dealkylation sites (N-methyl/N-ethyl adjacent to an activating group) is 1. The van der Waals surface area contributed by atoms with Crippen LogP contribution in [-0.4, -0.2) is 49.9 Å². The van der Waals surface area contributed by atoms with Gasteiger partial charge in [-0.25, -0.2) is 0 Å². The van der Waals surface area contributed by atoms with Crippen LogP contribution in [0.1, 0.15) is 24.4 Å². The summed E-state index contributed by atoms with van der Waals surface area (Å²) in [5.74, 6) is 1.66. The predicted molar refractivity (Wildman–Crippen MR) is 78.0 cm³/mol.